The fourth-order valence-electron chi connectivity index (χ4n) is 0.943. The molecule has 0 aromatic carbocycles. The van der Waals surface area contributed by atoms with E-state index in [1.807, 2.05) is 0 Å². The van der Waals surface area contributed by atoms with Crippen LogP contribution in [-0.4, -0.2) is 16.1 Å². The summed E-state index contributed by atoms with van der Waals surface area (Å²) in [6.07, 6.45) is 0. The first-order valence-corrected chi connectivity index (χ1v) is 3.49. The third kappa shape index (κ3) is 2.32. The van der Waals surface area contributed by atoms with Crippen LogP contribution in [0.5, 0.6) is 0 Å². The molecule has 5 heteroatoms. The molecule has 0 aliphatic carbocycles. The van der Waals surface area contributed by atoms with Crippen molar-refractivity contribution in [2.45, 2.75) is 13.8 Å². The van der Waals surface area contributed by atoms with E-state index in [4.69, 9.17) is 10.8 Å². The van der Waals surface area contributed by atoms with Crippen LogP contribution in [0.4, 0.5) is 5.69 Å². The number of aromatic nitrogens is 1. The number of halogens is 1. The SMILES string of the molecule is Cc1cc(N)c(C)nc1C(=O)O.Cl. The Labute approximate surface area is 82.2 Å². The van der Waals surface area contributed by atoms with Crippen molar-refractivity contribution in [3.63, 3.8) is 0 Å². The lowest BCUT2D eigenvalue weighted by molar-refractivity contribution is 0.0689. The fraction of sp³-hybridized carbons (Fsp3) is 0.250. The highest BCUT2D eigenvalue weighted by atomic mass is 35.5. The smallest absolute Gasteiger partial charge is 0.354 e. The summed E-state index contributed by atoms with van der Waals surface area (Å²) in [5.41, 5.74) is 7.27. The molecule has 0 fully saturated rings. The van der Waals surface area contributed by atoms with E-state index < -0.39 is 5.97 Å². The van der Waals surface area contributed by atoms with Gasteiger partial charge in [0.1, 0.15) is 0 Å². The quantitative estimate of drug-likeness (QED) is 0.722. The molecular formula is C8H11ClN2O2. The Hall–Kier alpha value is -1.29. The lowest BCUT2D eigenvalue weighted by Gasteiger charge is -2.03. The summed E-state index contributed by atoms with van der Waals surface area (Å²) in [4.78, 5) is 14.4. The first kappa shape index (κ1) is 11.7. The topological polar surface area (TPSA) is 76.2 Å². The van der Waals surface area contributed by atoms with Gasteiger partial charge in [-0.2, -0.15) is 0 Å². The number of anilines is 1. The van der Waals surface area contributed by atoms with Gasteiger partial charge in [0, 0.05) is 0 Å². The molecule has 1 aromatic heterocycles. The van der Waals surface area contributed by atoms with Gasteiger partial charge in [-0.05, 0) is 25.5 Å². The summed E-state index contributed by atoms with van der Waals surface area (Å²) in [5.74, 6) is -1.02. The molecular weight excluding hydrogens is 192 g/mol. The fourth-order valence-corrected chi connectivity index (χ4v) is 0.943. The Kier molecular flexibility index (Phi) is 3.69. The second-order valence-corrected chi connectivity index (χ2v) is 2.63. The summed E-state index contributed by atoms with van der Waals surface area (Å²) in [7, 11) is 0. The minimum atomic E-state index is -1.02. The molecule has 0 spiro atoms. The number of rotatable bonds is 1. The van der Waals surface area contributed by atoms with Crippen LogP contribution in [0.2, 0.25) is 0 Å². The van der Waals surface area contributed by atoms with Gasteiger partial charge in [0.2, 0.25) is 0 Å². The molecule has 3 N–H and O–H groups in total. The maximum atomic E-state index is 10.6. The molecule has 0 atom stereocenters. The Balaban J connectivity index is 0.00000144. The van der Waals surface area contributed by atoms with E-state index >= 15 is 0 Å². The molecule has 1 heterocycles. The Morgan fingerprint density at radius 3 is 2.54 bits per heavy atom. The summed E-state index contributed by atoms with van der Waals surface area (Å²) < 4.78 is 0. The van der Waals surface area contributed by atoms with E-state index in [0.717, 1.165) is 0 Å². The van der Waals surface area contributed by atoms with Gasteiger partial charge in [0.05, 0.1) is 11.4 Å². The van der Waals surface area contributed by atoms with Gasteiger partial charge in [-0.25, -0.2) is 9.78 Å². The molecule has 4 nitrogen and oxygen atoms in total. The number of nitrogens with zero attached hydrogens (tertiary/aromatic N) is 1. The lowest BCUT2D eigenvalue weighted by Crippen LogP contribution is -2.06. The molecule has 1 aromatic rings. The van der Waals surface area contributed by atoms with Crippen molar-refractivity contribution in [1.29, 1.82) is 0 Å². The van der Waals surface area contributed by atoms with Crippen molar-refractivity contribution in [1.82, 2.24) is 4.98 Å². The summed E-state index contributed by atoms with van der Waals surface area (Å²) >= 11 is 0. The zero-order chi connectivity index (χ0) is 9.30. The molecule has 0 unspecified atom stereocenters. The number of pyridine rings is 1. The van der Waals surface area contributed by atoms with Crippen molar-refractivity contribution < 1.29 is 9.90 Å². The van der Waals surface area contributed by atoms with Crippen LogP contribution in [-0.2, 0) is 0 Å². The Morgan fingerprint density at radius 1 is 1.54 bits per heavy atom. The molecule has 13 heavy (non-hydrogen) atoms. The van der Waals surface area contributed by atoms with Gasteiger partial charge in [-0.15, -0.1) is 12.4 Å². The van der Waals surface area contributed by atoms with Crippen molar-refractivity contribution in [2.75, 3.05) is 5.73 Å². The van der Waals surface area contributed by atoms with Gasteiger partial charge in [-0.1, -0.05) is 0 Å². The summed E-state index contributed by atoms with van der Waals surface area (Å²) in [6.45, 7) is 3.35. The third-order valence-corrected chi connectivity index (χ3v) is 1.65. The summed E-state index contributed by atoms with van der Waals surface area (Å²) in [5, 5.41) is 8.68. The first-order chi connectivity index (χ1) is 5.52. The van der Waals surface area contributed by atoms with E-state index in [1.165, 1.54) is 0 Å². The third-order valence-electron chi connectivity index (χ3n) is 1.65. The number of nitrogens with two attached hydrogens (primary N) is 1. The lowest BCUT2D eigenvalue weighted by atomic mass is 10.2. The second kappa shape index (κ2) is 4.09. The molecule has 72 valence electrons. The van der Waals surface area contributed by atoms with Crippen LogP contribution >= 0.6 is 12.4 Å². The Bertz CT molecular complexity index is 339. The van der Waals surface area contributed by atoms with E-state index in [9.17, 15) is 4.79 Å². The summed E-state index contributed by atoms with van der Waals surface area (Å²) in [6, 6.07) is 1.62. The number of hydrogen-bond acceptors (Lipinski definition) is 3. The van der Waals surface area contributed by atoms with Crippen LogP contribution in [0.15, 0.2) is 6.07 Å². The van der Waals surface area contributed by atoms with Crippen molar-refractivity contribution in [3.8, 4) is 0 Å². The van der Waals surface area contributed by atoms with Crippen LogP contribution in [0.3, 0.4) is 0 Å². The van der Waals surface area contributed by atoms with Gasteiger partial charge >= 0.3 is 5.97 Å². The second-order valence-electron chi connectivity index (χ2n) is 2.63. The zero-order valence-electron chi connectivity index (χ0n) is 7.37. The van der Waals surface area contributed by atoms with Crippen molar-refractivity contribution in [2.24, 2.45) is 0 Å². The number of carbonyl (C=O) groups is 1. The highest BCUT2D eigenvalue weighted by molar-refractivity contribution is 5.87. The average molecular weight is 203 g/mol. The van der Waals surface area contributed by atoms with E-state index in [2.05, 4.69) is 4.98 Å². The van der Waals surface area contributed by atoms with E-state index in [-0.39, 0.29) is 18.1 Å². The number of carboxylic acids is 1. The molecule has 0 aliphatic rings. The largest absolute Gasteiger partial charge is 0.477 e. The van der Waals surface area contributed by atoms with Crippen LogP contribution in [0, 0.1) is 13.8 Å². The number of aromatic carboxylic acids is 1. The molecule has 0 aliphatic heterocycles. The predicted octanol–water partition coefficient (Wildman–Crippen LogP) is 1.40. The number of carboxylic acid groups (broad SMARTS) is 1. The molecule has 0 saturated carbocycles. The van der Waals surface area contributed by atoms with E-state index in [0.29, 0.717) is 16.9 Å². The maximum absolute atomic E-state index is 10.6. The zero-order valence-corrected chi connectivity index (χ0v) is 8.18. The molecule has 0 radical (unpaired) electrons. The van der Waals surface area contributed by atoms with Gasteiger partial charge in [0.25, 0.3) is 0 Å². The molecule has 0 saturated heterocycles. The van der Waals surface area contributed by atoms with Crippen LogP contribution in [0.25, 0.3) is 0 Å². The molecule has 1 rings (SSSR count). The normalized spacial score (nSPS) is 9.08. The standard InChI is InChI=1S/C8H10N2O2.ClH/c1-4-3-6(9)5(2)10-7(4)8(11)12;/h3H,9H2,1-2H3,(H,11,12);1H. The molecule has 0 bridgehead atoms. The minimum absolute atomic E-state index is 0. The highest BCUT2D eigenvalue weighted by Crippen LogP contribution is 2.13. The number of aryl methyl sites for hydroxylation is 2. The monoisotopic (exact) mass is 202 g/mol. The van der Waals surface area contributed by atoms with E-state index in [1.54, 1.807) is 19.9 Å². The van der Waals surface area contributed by atoms with Gasteiger partial charge < -0.3 is 10.8 Å². The maximum Gasteiger partial charge on any atom is 0.354 e. The van der Waals surface area contributed by atoms with Gasteiger partial charge in [-0.3, -0.25) is 0 Å². The molecule has 0 amide bonds. The highest BCUT2D eigenvalue weighted by Gasteiger charge is 2.10. The van der Waals surface area contributed by atoms with Crippen molar-refractivity contribution >= 4 is 24.1 Å². The average Bonchev–Trinajstić information content (AvgIpc) is 1.96. The van der Waals surface area contributed by atoms with Gasteiger partial charge in [0.15, 0.2) is 5.69 Å². The van der Waals surface area contributed by atoms with Crippen LogP contribution < -0.4 is 5.73 Å². The predicted molar refractivity (Wildman–Crippen MR) is 52.3 cm³/mol. The first-order valence-electron chi connectivity index (χ1n) is 3.49. The minimum Gasteiger partial charge on any atom is -0.477 e. The number of hydrogen-bond donors (Lipinski definition) is 2. The Morgan fingerprint density at radius 2 is 2.08 bits per heavy atom. The van der Waals surface area contributed by atoms with Crippen LogP contribution in [0.1, 0.15) is 21.7 Å². The van der Waals surface area contributed by atoms with Crippen molar-refractivity contribution in [3.05, 3.63) is 23.0 Å². The number of nitrogen functional groups attached to an aromatic ring is 1.